The number of aromatic nitrogens is 1. The molecular weight excluding hydrogens is 272 g/mol. The topological polar surface area (TPSA) is 57.4 Å². The molecular formula is C15H18N2O2S. The van der Waals surface area contributed by atoms with Crippen LogP contribution in [0.1, 0.15) is 29.3 Å². The van der Waals surface area contributed by atoms with Crippen molar-refractivity contribution in [2.75, 3.05) is 14.2 Å². The SMILES string of the molecule is COc1cc(OC)cc(-c2nc(C3CC3)c(CN)s2)c1. The van der Waals surface area contributed by atoms with Crippen LogP contribution in [0.15, 0.2) is 18.2 Å². The summed E-state index contributed by atoms with van der Waals surface area (Å²) in [5, 5.41) is 0.990. The van der Waals surface area contributed by atoms with Gasteiger partial charge in [-0.2, -0.15) is 0 Å². The number of benzene rings is 1. The second-order valence-corrected chi connectivity index (χ2v) is 5.99. The van der Waals surface area contributed by atoms with E-state index in [2.05, 4.69) is 0 Å². The summed E-state index contributed by atoms with van der Waals surface area (Å²) in [6.07, 6.45) is 2.47. The Bertz CT molecular complexity index is 598. The Kier molecular flexibility index (Phi) is 3.63. The third-order valence-corrected chi connectivity index (χ3v) is 4.62. The fourth-order valence-electron chi connectivity index (χ4n) is 2.24. The molecule has 1 aliphatic carbocycles. The van der Waals surface area contributed by atoms with Gasteiger partial charge in [-0.1, -0.05) is 0 Å². The first kappa shape index (κ1) is 13.4. The van der Waals surface area contributed by atoms with E-state index in [4.69, 9.17) is 20.2 Å². The van der Waals surface area contributed by atoms with Gasteiger partial charge < -0.3 is 15.2 Å². The van der Waals surface area contributed by atoms with Crippen molar-refractivity contribution in [3.63, 3.8) is 0 Å². The monoisotopic (exact) mass is 290 g/mol. The van der Waals surface area contributed by atoms with Crippen molar-refractivity contribution in [2.24, 2.45) is 5.73 Å². The molecule has 0 unspecified atom stereocenters. The van der Waals surface area contributed by atoms with E-state index in [1.165, 1.54) is 23.4 Å². The average Bonchev–Trinajstić information content (AvgIpc) is 3.25. The van der Waals surface area contributed by atoms with Gasteiger partial charge in [-0.3, -0.25) is 0 Å². The van der Waals surface area contributed by atoms with Gasteiger partial charge in [0.05, 0.1) is 19.9 Å². The molecule has 3 rings (SSSR count). The summed E-state index contributed by atoms with van der Waals surface area (Å²) >= 11 is 1.67. The maximum atomic E-state index is 5.84. The van der Waals surface area contributed by atoms with Gasteiger partial charge in [0.1, 0.15) is 16.5 Å². The summed E-state index contributed by atoms with van der Waals surface area (Å²) in [5.74, 6) is 2.17. The van der Waals surface area contributed by atoms with Crippen LogP contribution in [0.4, 0.5) is 0 Å². The highest BCUT2D eigenvalue weighted by molar-refractivity contribution is 7.15. The van der Waals surface area contributed by atoms with Crippen molar-refractivity contribution < 1.29 is 9.47 Å². The molecule has 2 N–H and O–H groups in total. The van der Waals surface area contributed by atoms with Crippen molar-refractivity contribution in [1.82, 2.24) is 4.98 Å². The summed E-state index contributed by atoms with van der Waals surface area (Å²) < 4.78 is 10.6. The standard InChI is InChI=1S/C15H18N2O2S/c1-18-11-5-10(6-12(7-11)19-2)15-17-14(9-3-4-9)13(8-16)20-15/h5-7,9H,3-4,8,16H2,1-2H3. The molecule has 1 aromatic carbocycles. The minimum absolute atomic E-state index is 0.560. The van der Waals surface area contributed by atoms with Crippen molar-refractivity contribution in [2.45, 2.75) is 25.3 Å². The van der Waals surface area contributed by atoms with Gasteiger partial charge in [-0.05, 0) is 25.0 Å². The minimum Gasteiger partial charge on any atom is -0.497 e. The molecule has 20 heavy (non-hydrogen) atoms. The van der Waals surface area contributed by atoms with Crippen molar-refractivity contribution in [3.05, 3.63) is 28.8 Å². The molecule has 0 aliphatic heterocycles. The van der Waals surface area contributed by atoms with Gasteiger partial charge in [-0.15, -0.1) is 11.3 Å². The van der Waals surface area contributed by atoms with Gasteiger partial charge in [0, 0.05) is 29.0 Å². The Labute approximate surface area is 122 Å². The van der Waals surface area contributed by atoms with Crippen LogP contribution in [-0.2, 0) is 6.54 Å². The zero-order valence-electron chi connectivity index (χ0n) is 11.7. The first-order chi connectivity index (χ1) is 9.75. The molecule has 0 amide bonds. The number of methoxy groups -OCH3 is 2. The lowest BCUT2D eigenvalue weighted by molar-refractivity contribution is 0.394. The van der Waals surface area contributed by atoms with E-state index in [9.17, 15) is 0 Å². The third-order valence-electron chi connectivity index (χ3n) is 3.48. The van der Waals surface area contributed by atoms with Gasteiger partial charge in [0.25, 0.3) is 0 Å². The molecule has 1 heterocycles. The molecule has 0 spiro atoms. The van der Waals surface area contributed by atoms with Gasteiger partial charge >= 0.3 is 0 Å². The maximum Gasteiger partial charge on any atom is 0.124 e. The molecule has 5 heteroatoms. The second-order valence-electron chi connectivity index (χ2n) is 4.91. The minimum atomic E-state index is 0.560. The van der Waals surface area contributed by atoms with E-state index >= 15 is 0 Å². The molecule has 1 aromatic heterocycles. The van der Waals surface area contributed by atoms with Crippen LogP contribution in [-0.4, -0.2) is 19.2 Å². The van der Waals surface area contributed by atoms with Crippen LogP contribution in [0, 0.1) is 0 Å². The Balaban J connectivity index is 2.03. The average molecular weight is 290 g/mol. The molecule has 0 radical (unpaired) electrons. The molecule has 1 saturated carbocycles. The van der Waals surface area contributed by atoms with Crippen LogP contribution < -0.4 is 15.2 Å². The van der Waals surface area contributed by atoms with Gasteiger partial charge in [0.2, 0.25) is 0 Å². The lowest BCUT2D eigenvalue weighted by Crippen LogP contribution is -1.96. The van der Waals surface area contributed by atoms with E-state index in [0.29, 0.717) is 12.5 Å². The Morgan fingerprint density at radius 3 is 2.35 bits per heavy atom. The van der Waals surface area contributed by atoms with Crippen LogP contribution in [0.2, 0.25) is 0 Å². The number of thiazole rings is 1. The van der Waals surface area contributed by atoms with Crippen LogP contribution in [0.25, 0.3) is 10.6 Å². The lowest BCUT2D eigenvalue weighted by Gasteiger charge is -2.06. The summed E-state index contributed by atoms with van der Waals surface area (Å²) in [6, 6.07) is 5.83. The Morgan fingerprint density at radius 1 is 1.20 bits per heavy atom. The highest BCUT2D eigenvalue weighted by atomic mass is 32.1. The Morgan fingerprint density at radius 2 is 1.85 bits per heavy atom. The summed E-state index contributed by atoms with van der Waals surface area (Å²) in [7, 11) is 3.31. The van der Waals surface area contributed by atoms with E-state index in [1.807, 2.05) is 18.2 Å². The van der Waals surface area contributed by atoms with E-state index < -0.39 is 0 Å². The third kappa shape index (κ3) is 2.51. The van der Waals surface area contributed by atoms with Crippen molar-refractivity contribution >= 4 is 11.3 Å². The molecule has 4 nitrogen and oxygen atoms in total. The zero-order chi connectivity index (χ0) is 14.1. The van der Waals surface area contributed by atoms with Gasteiger partial charge in [0.15, 0.2) is 0 Å². The first-order valence-corrected chi connectivity index (χ1v) is 7.50. The fraction of sp³-hybridized carbons (Fsp3) is 0.400. The molecule has 1 aliphatic rings. The Hall–Kier alpha value is -1.59. The molecule has 0 saturated heterocycles. The zero-order valence-corrected chi connectivity index (χ0v) is 12.5. The summed E-state index contributed by atoms with van der Waals surface area (Å²) in [6.45, 7) is 0.560. The number of ether oxygens (including phenoxy) is 2. The fourth-order valence-corrected chi connectivity index (χ4v) is 3.25. The van der Waals surface area contributed by atoms with Crippen molar-refractivity contribution in [3.8, 4) is 22.1 Å². The number of nitrogens with zero attached hydrogens (tertiary/aromatic N) is 1. The molecule has 2 aromatic rings. The number of hydrogen-bond donors (Lipinski definition) is 1. The van der Waals surface area contributed by atoms with Crippen LogP contribution in [0.5, 0.6) is 11.5 Å². The van der Waals surface area contributed by atoms with E-state index in [1.54, 1.807) is 25.6 Å². The normalized spacial score (nSPS) is 14.3. The summed E-state index contributed by atoms with van der Waals surface area (Å²) in [4.78, 5) is 5.99. The molecule has 0 atom stereocenters. The number of nitrogens with two attached hydrogens (primary N) is 1. The van der Waals surface area contributed by atoms with E-state index in [-0.39, 0.29) is 0 Å². The molecule has 106 valence electrons. The van der Waals surface area contributed by atoms with Crippen molar-refractivity contribution in [1.29, 1.82) is 0 Å². The first-order valence-electron chi connectivity index (χ1n) is 6.68. The second kappa shape index (κ2) is 5.42. The molecule has 1 fully saturated rings. The van der Waals surface area contributed by atoms with E-state index in [0.717, 1.165) is 22.1 Å². The number of hydrogen-bond acceptors (Lipinski definition) is 5. The summed E-state index contributed by atoms with van der Waals surface area (Å²) in [5.41, 5.74) is 8.05. The quantitative estimate of drug-likeness (QED) is 0.919. The van der Waals surface area contributed by atoms with Gasteiger partial charge in [-0.25, -0.2) is 4.98 Å². The number of rotatable bonds is 5. The predicted molar refractivity (Wildman–Crippen MR) is 80.5 cm³/mol. The predicted octanol–water partition coefficient (Wildman–Crippen LogP) is 3.16. The van der Waals surface area contributed by atoms with Crippen LogP contribution in [0.3, 0.4) is 0 Å². The largest absolute Gasteiger partial charge is 0.497 e. The van der Waals surface area contributed by atoms with Crippen LogP contribution >= 0.6 is 11.3 Å². The highest BCUT2D eigenvalue weighted by Crippen LogP contribution is 2.44. The lowest BCUT2D eigenvalue weighted by atomic mass is 10.2. The maximum absolute atomic E-state index is 5.84. The molecule has 0 bridgehead atoms. The highest BCUT2D eigenvalue weighted by Gasteiger charge is 2.29. The smallest absolute Gasteiger partial charge is 0.124 e.